The van der Waals surface area contributed by atoms with Crippen LogP contribution in [-0.4, -0.2) is 39.2 Å². The molecule has 0 fully saturated rings. The summed E-state index contributed by atoms with van der Waals surface area (Å²) in [6.07, 6.45) is 7.90. The highest BCUT2D eigenvalue weighted by molar-refractivity contribution is 6.99. The lowest BCUT2D eigenvalue weighted by atomic mass is 10.1. The van der Waals surface area contributed by atoms with E-state index in [0.29, 0.717) is 6.04 Å². The van der Waals surface area contributed by atoms with Crippen molar-refractivity contribution in [3.63, 3.8) is 0 Å². The molecule has 2 N–H and O–H groups in total. The van der Waals surface area contributed by atoms with E-state index in [4.69, 9.17) is 4.43 Å². The number of rotatable bonds is 15. The van der Waals surface area contributed by atoms with E-state index in [9.17, 15) is 5.11 Å². The van der Waals surface area contributed by atoms with Crippen molar-refractivity contribution >= 4 is 18.7 Å². The van der Waals surface area contributed by atoms with Gasteiger partial charge in [0.2, 0.25) is 0 Å². The predicted octanol–water partition coefficient (Wildman–Crippen LogP) is 5.26. The van der Waals surface area contributed by atoms with E-state index in [1.165, 1.54) is 29.6 Å². The molecule has 0 bridgehead atoms. The van der Waals surface area contributed by atoms with Gasteiger partial charge in [0.05, 0.1) is 0 Å². The van der Waals surface area contributed by atoms with Gasteiger partial charge in [-0.2, -0.15) is 0 Å². The van der Waals surface area contributed by atoms with E-state index in [2.05, 4.69) is 93.7 Å². The maximum Gasteiger partial charge on any atom is 0.261 e. The van der Waals surface area contributed by atoms with Crippen molar-refractivity contribution in [3.8, 4) is 0 Å². The van der Waals surface area contributed by atoms with Gasteiger partial charge in [0.15, 0.2) is 0 Å². The SMILES string of the molecule is CCCCC[C@H](CCO)NCCCCO[Si](c1ccccc1)(c1ccccc1)C(C)(C)C. The zero-order chi connectivity index (χ0) is 23.3. The summed E-state index contributed by atoms with van der Waals surface area (Å²) in [5.74, 6) is 0. The maximum atomic E-state index is 9.36. The standard InChI is InChI=1S/C28H45NO2Si/c1-5-6-9-16-25(21-23-30)29-22-14-15-24-31-32(28(2,3)4,26-17-10-7-11-18-26)27-19-12-8-13-20-27/h7-8,10-13,17-20,25,29-30H,5-6,9,14-16,21-24H2,1-4H3/t25-/m1/s1. The Labute approximate surface area is 197 Å². The Morgan fingerprint density at radius 2 is 1.44 bits per heavy atom. The van der Waals surface area contributed by atoms with Crippen molar-refractivity contribution in [2.75, 3.05) is 19.8 Å². The van der Waals surface area contributed by atoms with Crippen LogP contribution >= 0.6 is 0 Å². The van der Waals surface area contributed by atoms with Crippen LogP contribution in [0.1, 0.15) is 72.6 Å². The van der Waals surface area contributed by atoms with Gasteiger partial charge in [-0.1, -0.05) is 108 Å². The molecule has 2 aromatic rings. The Hall–Kier alpha value is -1.46. The van der Waals surface area contributed by atoms with Gasteiger partial charge < -0.3 is 14.8 Å². The summed E-state index contributed by atoms with van der Waals surface area (Å²) in [4.78, 5) is 0. The van der Waals surface area contributed by atoms with Crippen LogP contribution < -0.4 is 15.7 Å². The first-order valence-electron chi connectivity index (χ1n) is 12.5. The van der Waals surface area contributed by atoms with Crippen LogP contribution in [0.3, 0.4) is 0 Å². The van der Waals surface area contributed by atoms with E-state index in [-0.39, 0.29) is 11.6 Å². The summed E-state index contributed by atoms with van der Waals surface area (Å²) >= 11 is 0. The molecule has 2 aromatic carbocycles. The molecule has 0 saturated carbocycles. The molecule has 0 aliphatic carbocycles. The second kappa shape index (κ2) is 13.9. The molecule has 1 atom stereocenters. The summed E-state index contributed by atoms with van der Waals surface area (Å²) in [5, 5.41) is 15.7. The van der Waals surface area contributed by atoms with Crippen LogP contribution in [0.5, 0.6) is 0 Å². The minimum Gasteiger partial charge on any atom is -0.407 e. The van der Waals surface area contributed by atoms with Crippen LogP contribution in [0.25, 0.3) is 0 Å². The predicted molar refractivity (Wildman–Crippen MR) is 140 cm³/mol. The lowest BCUT2D eigenvalue weighted by Gasteiger charge is -2.43. The van der Waals surface area contributed by atoms with E-state index in [1.54, 1.807) is 0 Å². The first kappa shape index (κ1) is 26.8. The van der Waals surface area contributed by atoms with Gasteiger partial charge in [-0.3, -0.25) is 0 Å². The fraction of sp³-hybridized carbons (Fsp3) is 0.571. The lowest BCUT2D eigenvalue weighted by molar-refractivity contribution is 0.255. The molecule has 32 heavy (non-hydrogen) atoms. The molecular weight excluding hydrogens is 410 g/mol. The van der Waals surface area contributed by atoms with Gasteiger partial charge >= 0.3 is 0 Å². The van der Waals surface area contributed by atoms with Crippen LogP contribution in [0, 0.1) is 0 Å². The third-order valence-corrected chi connectivity index (χ3v) is 11.4. The summed E-state index contributed by atoms with van der Waals surface area (Å²) in [6.45, 7) is 11.3. The highest BCUT2D eigenvalue weighted by Crippen LogP contribution is 2.36. The van der Waals surface area contributed by atoms with Crippen molar-refractivity contribution in [2.24, 2.45) is 0 Å². The number of hydrogen-bond acceptors (Lipinski definition) is 3. The Balaban J connectivity index is 2.01. The normalized spacial score (nSPS) is 13.3. The third kappa shape index (κ3) is 7.55. The Morgan fingerprint density at radius 1 is 0.844 bits per heavy atom. The summed E-state index contributed by atoms with van der Waals surface area (Å²) < 4.78 is 6.97. The van der Waals surface area contributed by atoms with E-state index < -0.39 is 8.32 Å². The van der Waals surface area contributed by atoms with Gasteiger partial charge in [0.1, 0.15) is 0 Å². The number of hydrogen-bond donors (Lipinski definition) is 2. The van der Waals surface area contributed by atoms with Gasteiger partial charge in [-0.05, 0) is 47.6 Å². The monoisotopic (exact) mass is 455 g/mol. The van der Waals surface area contributed by atoms with Crippen LogP contribution in [0.15, 0.2) is 60.7 Å². The number of benzene rings is 2. The molecule has 0 spiro atoms. The highest BCUT2D eigenvalue weighted by atomic mass is 28.4. The molecule has 4 heteroatoms. The molecule has 0 unspecified atom stereocenters. The summed E-state index contributed by atoms with van der Waals surface area (Å²) in [5.41, 5.74) is 0. The molecule has 2 rings (SSSR count). The zero-order valence-electron chi connectivity index (χ0n) is 20.8. The van der Waals surface area contributed by atoms with Gasteiger partial charge in [-0.15, -0.1) is 0 Å². The minimum absolute atomic E-state index is 0.0272. The first-order valence-corrected chi connectivity index (χ1v) is 14.5. The van der Waals surface area contributed by atoms with Crippen LogP contribution in [0.4, 0.5) is 0 Å². The quantitative estimate of drug-likeness (QED) is 0.284. The molecule has 0 saturated heterocycles. The molecule has 0 aliphatic heterocycles. The molecule has 3 nitrogen and oxygen atoms in total. The van der Waals surface area contributed by atoms with Crippen molar-refractivity contribution in [3.05, 3.63) is 60.7 Å². The van der Waals surface area contributed by atoms with Crippen molar-refractivity contribution in [1.29, 1.82) is 0 Å². The van der Waals surface area contributed by atoms with E-state index in [0.717, 1.165) is 38.8 Å². The second-order valence-corrected chi connectivity index (χ2v) is 14.2. The van der Waals surface area contributed by atoms with E-state index >= 15 is 0 Å². The highest BCUT2D eigenvalue weighted by Gasteiger charge is 2.49. The van der Waals surface area contributed by atoms with Gasteiger partial charge in [0.25, 0.3) is 8.32 Å². The number of aliphatic hydroxyl groups excluding tert-OH is 1. The Morgan fingerprint density at radius 3 is 1.94 bits per heavy atom. The summed E-state index contributed by atoms with van der Waals surface area (Å²) in [7, 11) is -2.42. The average Bonchev–Trinajstić information content (AvgIpc) is 2.79. The fourth-order valence-corrected chi connectivity index (χ4v) is 9.27. The second-order valence-electron chi connectivity index (χ2n) is 9.88. The van der Waals surface area contributed by atoms with Crippen molar-refractivity contribution in [1.82, 2.24) is 5.32 Å². The zero-order valence-corrected chi connectivity index (χ0v) is 21.8. The minimum atomic E-state index is -2.42. The van der Waals surface area contributed by atoms with Crippen molar-refractivity contribution in [2.45, 2.75) is 83.7 Å². The lowest BCUT2D eigenvalue weighted by Crippen LogP contribution is -2.66. The molecule has 0 aromatic heterocycles. The molecular formula is C28H45NO2Si. The first-order chi connectivity index (χ1) is 15.5. The number of nitrogens with one attached hydrogen (secondary N) is 1. The molecule has 0 radical (unpaired) electrons. The van der Waals surface area contributed by atoms with E-state index in [1.807, 2.05) is 0 Å². The summed E-state index contributed by atoms with van der Waals surface area (Å²) in [6, 6.07) is 22.2. The smallest absolute Gasteiger partial charge is 0.261 e. The topological polar surface area (TPSA) is 41.5 Å². The number of aliphatic hydroxyl groups is 1. The largest absolute Gasteiger partial charge is 0.407 e. The molecule has 178 valence electrons. The Bertz CT molecular complexity index is 691. The molecule has 0 heterocycles. The maximum absolute atomic E-state index is 9.36. The number of unbranched alkanes of at least 4 members (excludes halogenated alkanes) is 3. The van der Waals surface area contributed by atoms with Gasteiger partial charge in [-0.25, -0.2) is 0 Å². The fourth-order valence-electron chi connectivity index (χ4n) is 4.67. The molecule has 0 aliphatic rings. The van der Waals surface area contributed by atoms with Gasteiger partial charge in [0, 0.05) is 19.3 Å². The average molecular weight is 456 g/mol. The molecule has 0 amide bonds. The Kier molecular flexibility index (Phi) is 11.7. The van der Waals surface area contributed by atoms with Crippen molar-refractivity contribution < 1.29 is 9.53 Å². The van der Waals surface area contributed by atoms with Crippen LogP contribution in [0.2, 0.25) is 5.04 Å². The third-order valence-electron chi connectivity index (χ3n) is 6.37. The van der Waals surface area contributed by atoms with Crippen LogP contribution in [-0.2, 0) is 4.43 Å².